The van der Waals surface area contributed by atoms with Crippen molar-refractivity contribution in [2.75, 3.05) is 19.7 Å². The van der Waals surface area contributed by atoms with E-state index in [-0.39, 0.29) is 17.6 Å². The van der Waals surface area contributed by atoms with Crippen molar-refractivity contribution in [3.63, 3.8) is 0 Å². The molecule has 8 heteroatoms. The summed E-state index contributed by atoms with van der Waals surface area (Å²) in [6, 6.07) is 2.96. The van der Waals surface area contributed by atoms with Gasteiger partial charge in [-0.15, -0.1) is 0 Å². The first-order chi connectivity index (χ1) is 11.6. The molecule has 0 aromatic carbocycles. The third-order valence-corrected chi connectivity index (χ3v) is 4.01. The van der Waals surface area contributed by atoms with Crippen LogP contribution in [0.5, 0.6) is 0 Å². The molecule has 3 heterocycles. The van der Waals surface area contributed by atoms with Crippen LogP contribution in [0.3, 0.4) is 0 Å². The quantitative estimate of drug-likeness (QED) is 0.889. The van der Waals surface area contributed by atoms with Gasteiger partial charge in [0.05, 0.1) is 18.7 Å². The number of amides is 1. The van der Waals surface area contributed by atoms with Gasteiger partial charge in [0.1, 0.15) is 11.9 Å². The molecule has 0 radical (unpaired) electrons. The van der Waals surface area contributed by atoms with Gasteiger partial charge in [0.15, 0.2) is 5.82 Å². The number of aromatic amines is 1. The van der Waals surface area contributed by atoms with E-state index in [0.29, 0.717) is 31.1 Å². The minimum absolute atomic E-state index is 0.122. The molecular formula is C16H21N5O3. The third-order valence-electron chi connectivity index (χ3n) is 4.01. The van der Waals surface area contributed by atoms with Gasteiger partial charge in [-0.1, -0.05) is 6.92 Å². The van der Waals surface area contributed by atoms with Crippen LogP contribution in [0.2, 0.25) is 0 Å². The molecule has 3 rings (SSSR count). The van der Waals surface area contributed by atoms with Gasteiger partial charge >= 0.3 is 0 Å². The highest BCUT2D eigenvalue weighted by Gasteiger charge is 2.28. The average molecular weight is 331 g/mol. The zero-order valence-corrected chi connectivity index (χ0v) is 13.9. The fourth-order valence-corrected chi connectivity index (χ4v) is 2.70. The fourth-order valence-electron chi connectivity index (χ4n) is 2.70. The Hall–Kier alpha value is -2.48. The molecule has 2 aromatic rings. The number of nitrogens with zero attached hydrogens (tertiary/aromatic N) is 4. The van der Waals surface area contributed by atoms with Gasteiger partial charge in [-0.05, 0) is 12.5 Å². The SMILES string of the molecule is CCCc1nc([C@H]2CN(C(=O)c3ccc(=O)n(C)c3)CCO2)n[nH]1. The number of pyridine rings is 1. The highest BCUT2D eigenvalue weighted by Crippen LogP contribution is 2.20. The van der Waals surface area contributed by atoms with Crippen LogP contribution in [0.1, 0.15) is 41.5 Å². The molecule has 0 aliphatic carbocycles. The van der Waals surface area contributed by atoms with Crippen LogP contribution >= 0.6 is 0 Å². The Morgan fingerprint density at radius 3 is 3.04 bits per heavy atom. The van der Waals surface area contributed by atoms with Crippen LogP contribution in [-0.4, -0.2) is 50.3 Å². The van der Waals surface area contributed by atoms with E-state index in [1.807, 2.05) is 0 Å². The summed E-state index contributed by atoms with van der Waals surface area (Å²) in [5.41, 5.74) is 0.343. The van der Waals surface area contributed by atoms with Crippen molar-refractivity contribution < 1.29 is 9.53 Å². The number of aromatic nitrogens is 4. The number of aryl methyl sites for hydroxylation is 2. The van der Waals surface area contributed by atoms with Crippen LogP contribution in [0, 0.1) is 0 Å². The molecule has 128 valence electrons. The fraction of sp³-hybridized carbons (Fsp3) is 0.500. The lowest BCUT2D eigenvalue weighted by atomic mass is 10.2. The van der Waals surface area contributed by atoms with E-state index in [9.17, 15) is 9.59 Å². The van der Waals surface area contributed by atoms with Gasteiger partial charge in [0.2, 0.25) is 5.56 Å². The van der Waals surface area contributed by atoms with E-state index >= 15 is 0 Å². The first-order valence-electron chi connectivity index (χ1n) is 8.07. The van der Waals surface area contributed by atoms with E-state index in [2.05, 4.69) is 22.1 Å². The first-order valence-corrected chi connectivity index (χ1v) is 8.07. The number of rotatable bonds is 4. The summed E-state index contributed by atoms with van der Waals surface area (Å²) in [7, 11) is 1.63. The number of carbonyl (C=O) groups is 1. The minimum atomic E-state index is -0.336. The average Bonchev–Trinajstić information content (AvgIpc) is 3.06. The van der Waals surface area contributed by atoms with Crippen molar-refractivity contribution in [2.24, 2.45) is 7.05 Å². The standard InChI is InChI=1S/C16H21N5O3/c1-3-4-13-17-15(19-18-13)12-10-21(7-8-24-12)16(23)11-5-6-14(22)20(2)9-11/h5-6,9,12H,3-4,7-8,10H2,1-2H3,(H,17,18,19)/t12-/m1/s1. The largest absolute Gasteiger partial charge is 0.366 e. The Morgan fingerprint density at radius 2 is 2.29 bits per heavy atom. The van der Waals surface area contributed by atoms with E-state index in [1.54, 1.807) is 24.2 Å². The van der Waals surface area contributed by atoms with E-state index in [1.165, 1.54) is 10.6 Å². The second-order valence-corrected chi connectivity index (χ2v) is 5.87. The molecule has 1 amide bonds. The van der Waals surface area contributed by atoms with Crippen molar-refractivity contribution in [2.45, 2.75) is 25.9 Å². The Morgan fingerprint density at radius 1 is 1.46 bits per heavy atom. The predicted molar refractivity (Wildman–Crippen MR) is 86.7 cm³/mol. The molecule has 0 saturated carbocycles. The molecule has 1 aliphatic heterocycles. The van der Waals surface area contributed by atoms with E-state index < -0.39 is 0 Å². The molecular weight excluding hydrogens is 310 g/mol. The summed E-state index contributed by atoms with van der Waals surface area (Å²) in [6.45, 7) is 3.40. The van der Waals surface area contributed by atoms with Crippen LogP contribution in [0.15, 0.2) is 23.1 Å². The van der Waals surface area contributed by atoms with Crippen molar-refractivity contribution in [3.8, 4) is 0 Å². The zero-order valence-electron chi connectivity index (χ0n) is 13.9. The topological polar surface area (TPSA) is 93.1 Å². The van der Waals surface area contributed by atoms with Crippen molar-refractivity contribution in [3.05, 3.63) is 45.9 Å². The number of hydrogen-bond acceptors (Lipinski definition) is 5. The van der Waals surface area contributed by atoms with Gasteiger partial charge in [0, 0.05) is 32.3 Å². The Kier molecular flexibility index (Phi) is 4.75. The summed E-state index contributed by atoms with van der Waals surface area (Å²) in [5, 5.41) is 7.12. The lowest BCUT2D eigenvalue weighted by Gasteiger charge is -2.31. The lowest BCUT2D eigenvalue weighted by molar-refractivity contribution is -0.0267. The Bertz CT molecular complexity index is 782. The number of morpholine rings is 1. The first kappa shape index (κ1) is 16.4. The van der Waals surface area contributed by atoms with Crippen molar-refractivity contribution in [1.82, 2.24) is 24.6 Å². The van der Waals surface area contributed by atoms with Crippen LogP contribution in [-0.2, 0) is 18.2 Å². The second-order valence-electron chi connectivity index (χ2n) is 5.87. The monoisotopic (exact) mass is 331 g/mol. The molecule has 1 fully saturated rings. The molecule has 0 bridgehead atoms. The maximum Gasteiger partial charge on any atom is 0.255 e. The third kappa shape index (κ3) is 3.38. The zero-order chi connectivity index (χ0) is 17.1. The molecule has 0 unspecified atom stereocenters. The van der Waals surface area contributed by atoms with Crippen LogP contribution < -0.4 is 5.56 Å². The predicted octanol–water partition coefficient (Wildman–Crippen LogP) is 0.670. The van der Waals surface area contributed by atoms with Gasteiger partial charge in [-0.2, -0.15) is 5.10 Å². The molecule has 1 saturated heterocycles. The Labute approximate surface area is 139 Å². The summed E-state index contributed by atoms with van der Waals surface area (Å²) in [5.74, 6) is 1.29. The highest BCUT2D eigenvalue weighted by molar-refractivity contribution is 5.94. The summed E-state index contributed by atoms with van der Waals surface area (Å²) in [6.07, 6.45) is 3.04. The molecule has 0 spiro atoms. The van der Waals surface area contributed by atoms with Gasteiger partial charge in [-0.3, -0.25) is 14.7 Å². The van der Waals surface area contributed by atoms with Gasteiger partial charge < -0.3 is 14.2 Å². The maximum absolute atomic E-state index is 12.7. The maximum atomic E-state index is 12.7. The molecule has 24 heavy (non-hydrogen) atoms. The van der Waals surface area contributed by atoms with Crippen LogP contribution in [0.25, 0.3) is 0 Å². The molecule has 1 N–H and O–H groups in total. The number of nitrogens with one attached hydrogen (secondary N) is 1. The number of ether oxygens (including phenoxy) is 1. The van der Waals surface area contributed by atoms with Gasteiger partial charge in [-0.25, -0.2) is 4.98 Å². The number of hydrogen-bond donors (Lipinski definition) is 1. The minimum Gasteiger partial charge on any atom is -0.366 e. The lowest BCUT2D eigenvalue weighted by Crippen LogP contribution is -2.42. The van der Waals surface area contributed by atoms with Crippen molar-refractivity contribution in [1.29, 1.82) is 0 Å². The highest BCUT2D eigenvalue weighted by atomic mass is 16.5. The summed E-state index contributed by atoms with van der Waals surface area (Å²) >= 11 is 0. The van der Waals surface area contributed by atoms with E-state index in [4.69, 9.17) is 4.74 Å². The Balaban J connectivity index is 1.73. The molecule has 1 atom stereocenters. The smallest absolute Gasteiger partial charge is 0.255 e. The number of H-pyrrole nitrogens is 1. The van der Waals surface area contributed by atoms with E-state index in [0.717, 1.165) is 18.7 Å². The van der Waals surface area contributed by atoms with Crippen molar-refractivity contribution >= 4 is 5.91 Å². The van der Waals surface area contributed by atoms with Crippen LogP contribution in [0.4, 0.5) is 0 Å². The summed E-state index contributed by atoms with van der Waals surface area (Å²) in [4.78, 5) is 30.3. The summed E-state index contributed by atoms with van der Waals surface area (Å²) < 4.78 is 7.12. The number of carbonyl (C=O) groups excluding carboxylic acids is 1. The molecule has 8 nitrogen and oxygen atoms in total. The molecule has 2 aromatic heterocycles. The second kappa shape index (κ2) is 6.96. The molecule has 1 aliphatic rings. The normalized spacial score (nSPS) is 17.9. The van der Waals surface area contributed by atoms with Gasteiger partial charge in [0.25, 0.3) is 5.91 Å².